The summed E-state index contributed by atoms with van der Waals surface area (Å²) in [6, 6.07) is 14.5. The molecule has 1 heterocycles. The molecule has 0 aliphatic rings. The minimum Gasteiger partial charge on any atom is -0.340 e. The molecule has 27 heavy (non-hydrogen) atoms. The molecule has 0 aliphatic heterocycles. The van der Waals surface area contributed by atoms with Crippen LogP contribution in [0.1, 0.15) is 5.56 Å². The predicted molar refractivity (Wildman–Crippen MR) is 111 cm³/mol. The predicted octanol–water partition coefficient (Wildman–Crippen LogP) is 1.44. The first kappa shape index (κ1) is 18.9. The van der Waals surface area contributed by atoms with Crippen molar-refractivity contribution in [2.45, 2.75) is 11.8 Å². The van der Waals surface area contributed by atoms with Crippen molar-refractivity contribution >= 4 is 46.3 Å². The van der Waals surface area contributed by atoms with Gasteiger partial charge in [0.25, 0.3) is 0 Å². The molecule has 0 unspecified atom stereocenters. The fourth-order valence-corrected chi connectivity index (χ4v) is 3.47. The van der Waals surface area contributed by atoms with E-state index in [0.29, 0.717) is 17.3 Å². The zero-order valence-electron chi connectivity index (χ0n) is 15.3. The standard InChI is InChI=1S/C18H20BN5O2S/c1-12-6-13(19)8-15(7-12)24-18-10-17(21-11-22-18)23-14-4-3-5-16(9-14)27(25,26)20-2/h3-11,20H,19H2,1-2H3,(H2,21,22,23,24). The minimum atomic E-state index is -3.51. The number of rotatable bonds is 6. The van der Waals surface area contributed by atoms with Crippen LogP contribution in [-0.4, -0.2) is 33.3 Å². The highest BCUT2D eigenvalue weighted by atomic mass is 32.2. The van der Waals surface area contributed by atoms with Crippen LogP contribution in [0.4, 0.5) is 23.0 Å². The third kappa shape index (κ3) is 4.84. The molecule has 0 saturated heterocycles. The summed E-state index contributed by atoms with van der Waals surface area (Å²) < 4.78 is 26.2. The number of aryl methyl sites for hydroxylation is 1. The van der Waals surface area contributed by atoms with Gasteiger partial charge in [0.15, 0.2) is 0 Å². The summed E-state index contributed by atoms with van der Waals surface area (Å²) >= 11 is 0. The SMILES string of the molecule is Bc1cc(C)cc(Nc2cc(Nc3cccc(S(=O)(=O)NC)c3)ncn2)c1. The number of nitrogens with zero attached hydrogens (tertiary/aromatic N) is 2. The molecular weight excluding hydrogens is 361 g/mol. The van der Waals surface area contributed by atoms with Crippen LogP contribution in [0.25, 0.3) is 0 Å². The number of hydrogen-bond donors (Lipinski definition) is 3. The number of benzene rings is 2. The second-order valence-corrected chi connectivity index (χ2v) is 8.04. The normalized spacial score (nSPS) is 11.2. The summed E-state index contributed by atoms with van der Waals surface area (Å²) in [7, 11) is -0.0863. The molecule has 0 atom stereocenters. The molecule has 9 heteroatoms. The maximum Gasteiger partial charge on any atom is 0.240 e. The Morgan fingerprint density at radius 2 is 1.63 bits per heavy atom. The first-order chi connectivity index (χ1) is 12.9. The van der Waals surface area contributed by atoms with E-state index in [-0.39, 0.29) is 4.90 Å². The van der Waals surface area contributed by atoms with Crippen molar-refractivity contribution in [1.82, 2.24) is 14.7 Å². The van der Waals surface area contributed by atoms with Gasteiger partial charge in [-0.05, 0) is 49.9 Å². The van der Waals surface area contributed by atoms with Gasteiger partial charge in [-0.2, -0.15) is 0 Å². The van der Waals surface area contributed by atoms with Crippen molar-refractivity contribution in [2.24, 2.45) is 0 Å². The molecule has 0 amide bonds. The topological polar surface area (TPSA) is 96.0 Å². The second-order valence-electron chi connectivity index (χ2n) is 6.15. The molecule has 0 fully saturated rings. The molecule has 0 spiro atoms. The average Bonchev–Trinajstić information content (AvgIpc) is 2.61. The van der Waals surface area contributed by atoms with E-state index in [2.05, 4.69) is 31.4 Å². The second kappa shape index (κ2) is 7.77. The van der Waals surface area contributed by atoms with Gasteiger partial charge in [-0.25, -0.2) is 23.1 Å². The van der Waals surface area contributed by atoms with E-state index >= 15 is 0 Å². The monoisotopic (exact) mass is 381 g/mol. The molecule has 3 aromatic rings. The maximum absolute atomic E-state index is 11.9. The molecule has 0 saturated carbocycles. The van der Waals surface area contributed by atoms with E-state index in [9.17, 15) is 8.42 Å². The first-order valence-corrected chi connectivity index (χ1v) is 9.82. The van der Waals surface area contributed by atoms with Crippen LogP contribution in [0.2, 0.25) is 0 Å². The van der Waals surface area contributed by atoms with E-state index in [1.807, 2.05) is 26.9 Å². The van der Waals surface area contributed by atoms with Crippen molar-refractivity contribution < 1.29 is 8.42 Å². The molecule has 3 rings (SSSR count). The van der Waals surface area contributed by atoms with Gasteiger partial charge in [0, 0.05) is 17.4 Å². The lowest BCUT2D eigenvalue weighted by Gasteiger charge is -2.11. The fraction of sp³-hybridized carbons (Fsp3) is 0.111. The summed E-state index contributed by atoms with van der Waals surface area (Å²) in [5, 5.41) is 6.37. The van der Waals surface area contributed by atoms with Crippen LogP contribution in [0.5, 0.6) is 0 Å². The molecule has 3 N–H and O–H groups in total. The van der Waals surface area contributed by atoms with E-state index in [0.717, 1.165) is 16.7 Å². The third-order valence-electron chi connectivity index (χ3n) is 3.85. The Morgan fingerprint density at radius 3 is 2.30 bits per heavy atom. The Labute approximate surface area is 159 Å². The zero-order valence-corrected chi connectivity index (χ0v) is 16.1. The zero-order chi connectivity index (χ0) is 19.4. The smallest absolute Gasteiger partial charge is 0.240 e. The highest BCUT2D eigenvalue weighted by Gasteiger charge is 2.11. The summed E-state index contributed by atoms with van der Waals surface area (Å²) in [5.74, 6) is 1.19. The van der Waals surface area contributed by atoms with E-state index in [1.165, 1.54) is 19.4 Å². The van der Waals surface area contributed by atoms with Gasteiger partial charge in [0.2, 0.25) is 10.0 Å². The van der Waals surface area contributed by atoms with Gasteiger partial charge < -0.3 is 10.6 Å². The van der Waals surface area contributed by atoms with Gasteiger partial charge in [-0.3, -0.25) is 0 Å². The molecular formula is C18H20BN5O2S. The van der Waals surface area contributed by atoms with Crippen molar-refractivity contribution in [3.05, 3.63) is 60.4 Å². The molecule has 0 aliphatic carbocycles. The number of aromatic nitrogens is 2. The summed E-state index contributed by atoms with van der Waals surface area (Å²) in [6.45, 7) is 2.04. The third-order valence-corrected chi connectivity index (χ3v) is 5.26. The Balaban J connectivity index is 1.81. The van der Waals surface area contributed by atoms with Gasteiger partial charge in [-0.15, -0.1) is 0 Å². The highest BCUT2D eigenvalue weighted by Crippen LogP contribution is 2.21. The van der Waals surface area contributed by atoms with Gasteiger partial charge >= 0.3 is 0 Å². The van der Waals surface area contributed by atoms with Crippen LogP contribution in [-0.2, 0) is 10.0 Å². The quantitative estimate of drug-likeness (QED) is 0.560. The Kier molecular flexibility index (Phi) is 5.43. The van der Waals surface area contributed by atoms with Crippen LogP contribution in [0, 0.1) is 6.92 Å². The van der Waals surface area contributed by atoms with Gasteiger partial charge in [-0.1, -0.05) is 17.6 Å². The van der Waals surface area contributed by atoms with Crippen LogP contribution >= 0.6 is 0 Å². The Hall–Kier alpha value is -2.91. The largest absolute Gasteiger partial charge is 0.340 e. The lowest BCUT2D eigenvalue weighted by Crippen LogP contribution is -2.18. The van der Waals surface area contributed by atoms with Crippen molar-refractivity contribution in [2.75, 3.05) is 17.7 Å². The molecule has 2 aromatic carbocycles. The Bertz CT molecular complexity index is 1050. The van der Waals surface area contributed by atoms with Crippen molar-refractivity contribution in [3.8, 4) is 0 Å². The Morgan fingerprint density at radius 1 is 0.926 bits per heavy atom. The molecule has 7 nitrogen and oxygen atoms in total. The molecule has 138 valence electrons. The van der Waals surface area contributed by atoms with E-state index < -0.39 is 10.0 Å². The highest BCUT2D eigenvalue weighted by molar-refractivity contribution is 7.89. The number of nitrogens with one attached hydrogen (secondary N) is 3. The van der Waals surface area contributed by atoms with E-state index in [1.54, 1.807) is 24.3 Å². The van der Waals surface area contributed by atoms with Crippen molar-refractivity contribution in [1.29, 1.82) is 0 Å². The van der Waals surface area contributed by atoms with Gasteiger partial charge in [0.05, 0.1) is 4.90 Å². The summed E-state index contributed by atoms with van der Waals surface area (Å²) in [4.78, 5) is 8.61. The number of sulfonamides is 1. The lowest BCUT2D eigenvalue weighted by atomic mass is 9.94. The summed E-state index contributed by atoms with van der Waals surface area (Å²) in [6.07, 6.45) is 1.45. The molecule has 0 radical (unpaired) electrons. The van der Waals surface area contributed by atoms with Gasteiger partial charge in [0.1, 0.15) is 25.8 Å². The maximum atomic E-state index is 11.9. The lowest BCUT2D eigenvalue weighted by molar-refractivity contribution is 0.588. The van der Waals surface area contributed by atoms with Crippen molar-refractivity contribution in [3.63, 3.8) is 0 Å². The number of anilines is 4. The van der Waals surface area contributed by atoms with Crippen LogP contribution in [0.15, 0.2) is 59.8 Å². The average molecular weight is 381 g/mol. The molecule has 0 bridgehead atoms. The van der Waals surface area contributed by atoms with E-state index in [4.69, 9.17) is 0 Å². The van der Waals surface area contributed by atoms with Crippen LogP contribution in [0.3, 0.4) is 0 Å². The minimum absolute atomic E-state index is 0.178. The van der Waals surface area contributed by atoms with Crippen LogP contribution < -0.4 is 20.8 Å². The first-order valence-electron chi connectivity index (χ1n) is 8.34. The number of hydrogen-bond acceptors (Lipinski definition) is 6. The fourth-order valence-electron chi connectivity index (χ4n) is 2.70. The summed E-state index contributed by atoms with van der Waals surface area (Å²) in [5.41, 5.74) is 3.88. The molecule has 1 aromatic heterocycles.